The second-order valence-corrected chi connectivity index (χ2v) is 19.5. The fourth-order valence-corrected chi connectivity index (χ4v) is 10.9. The van der Waals surface area contributed by atoms with Crippen molar-refractivity contribution in [1.82, 2.24) is 9.13 Å². The molecule has 0 aliphatic heterocycles. The SMILES string of the molecule is Cc1cccc(-c2ccc3c(c2)c2cc(-c4cccc(C)c4)ccc2n3-c2ccc(C(F)(F)F)c(-c3cc(-n4c5ccc(-c6cccc(C)c6)cc5c5cc(-c6cccc(C)c6)ccc54)ccc3C(F)(F)F)c2)c1. The number of aromatic nitrogens is 2. The first-order chi connectivity index (χ1) is 35.6. The lowest BCUT2D eigenvalue weighted by Gasteiger charge is -2.21. The van der Waals surface area contributed by atoms with Gasteiger partial charge in [-0.2, -0.15) is 26.3 Å². The zero-order valence-electron chi connectivity index (χ0n) is 40.8. The molecule has 0 atom stereocenters. The van der Waals surface area contributed by atoms with Gasteiger partial charge in [-0.1, -0.05) is 144 Å². The van der Waals surface area contributed by atoms with Gasteiger partial charge in [-0.3, -0.25) is 0 Å². The van der Waals surface area contributed by atoms with Crippen LogP contribution in [-0.2, 0) is 12.4 Å². The zero-order valence-corrected chi connectivity index (χ0v) is 40.8. The molecule has 8 heteroatoms. The minimum Gasteiger partial charge on any atom is -0.309 e. The minimum atomic E-state index is -5.01. The van der Waals surface area contributed by atoms with E-state index in [0.29, 0.717) is 22.1 Å². The van der Waals surface area contributed by atoms with Gasteiger partial charge in [0, 0.05) is 32.9 Å². The van der Waals surface area contributed by atoms with Crippen molar-refractivity contribution in [2.75, 3.05) is 0 Å². The zero-order chi connectivity index (χ0) is 51.2. The van der Waals surface area contributed by atoms with E-state index in [1.807, 2.05) is 158 Å². The molecule has 0 saturated heterocycles. The molecule has 2 heterocycles. The van der Waals surface area contributed by atoms with Crippen molar-refractivity contribution in [2.45, 2.75) is 40.0 Å². The Bertz CT molecular complexity index is 3750. The molecule has 12 rings (SSSR count). The van der Waals surface area contributed by atoms with Gasteiger partial charge in [-0.15, -0.1) is 0 Å². The van der Waals surface area contributed by atoms with E-state index in [-0.39, 0.29) is 11.4 Å². The van der Waals surface area contributed by atoms with Crippen LogP contribution in [-0.4, -0.2) is 9.13 Å². The van der Waals surface area contributed by atoms with Gasteiger partial charge in [0.2, 0.25) is 0 Å². The minimum absolute atomic E-state index is 0.280. The van der Waals surface area contributed by atoms with Crippen molar-refractivity contribution in [1.29, 1.82) is 0 Å². The maximum absolute atomic E-state index is 15.5. The summed E-state index contributed by atoms with van der Waals surface area (Å²) >= 11 is 0. The van der Waals surface area contributed by atoms with Crippen LogP contribution in [0.15, 0.2) is 206 Å². The molecular weight excluding hydrogens is 935 g/mol. The first-order valence-corrected chi connectivity index (χ1v) is 24.4. The van der Waals surface area contributed by atoms with Crippen LogP contribution in [0.4, 0.5) is 26.3 Å². The first-order valence-electron chi connectivity index (χ1n) is 24.4. The largest absolute Gasteiger partial charge is 0.417 e. The van der Waals surface area contributed by atoms with Crippen LogP contribution in [0.3, 0.4) is 0 Å². The highest BCUT2D eigenvalue weighted by atomic mass is 19.4. The summed E-state index contributed by atoms with van der Waals surface area (Å²) in [6, 6.07) is 63.7. The summed E-state index contributed by atoms with van der Waals surface area (Å²) in [5.74, 6) is 0. The maximum Gasteiger partial charge on any atom is 0.417 e. The van der Waals surface area contributed by atoms with Crippen LogP contribution in [0.25, 0.3) is 111 Å². The number of fused-ring (bicyclic) bond motifs is 6. The summed E-state index contributed by atoms with van der Waals surface area (Å²) in [5, 5.41) is 3.37. The molecule has 0 spiro atoms. The number of benzene rings is 10. The Balaban J connectivity index is 1.10. The van der Waals surface area contributed by atoms with Gasteiger partial charge >= 0.3 is 12.4 Å². The molecule has 362 valence electrons. The Morgan fingerprint density at radius 2 is 0.527 bits per heavy atom. The van der Waals surface area contributed by atoms with E-state index in [9.17, 15) is 0 Å². The normalized spacial score (nSPS) is 12.2. The molecule has 0 radical (unpaired) electrons. The van der Waals surface area contributed by atoms with Crippen molar-refractivity contribution in [3.05, 3.63) is 240 Å². The van der Waals surface area contributed by atoms with Gasteiger partial charge in [0.1, 0.15) is 0 Å². The van der Waals surface area contributed by atoms with E-state index in [1.165, 1.54) is 24.3 Å². The lowest BCUT2D eigenvalue weighted by atomic mass is 9.93. The number of hydrogen-bond acceptors (Lipinski definition) is 0. The lowest BCUT2D eigenvalue weighted by Crippen LogP contribution is -2.12. The van der Waals surface area contributed by atoms with Gasteiger partial charge in [-0.25, -0.2) is 0 Å². The number of nitrogens with zero attached hydrogens (tertiary/aromatic N) is 2. The summed E-state index contributed by atoms with van der Waals surface area (Å²) in [7, 11) is 0. The Morgan fingerprint density at radius 3 is 0.770 bits per heavy atom. The second kappa shape index (κ2) is 17.6. The molecule has 0 saturated carbocycles. The molecule has 74 heavy (non-hydrogen) atoms. The third-order valence-electron chi connectivity index (χ3n) is 14.4. The Morgan fingerprint density at radius 1 is 0.270 bits per heavy atom. The second-order valence-electron chi connectivity index (χ2n) is 19.5. The smallest absolute Gasteiger partial charge is 0.309 e. The molecule has 0 N–H and O–H groups in total. The maximum atomic E-state index is 15.5. The average Bonchev–Trinajstić information content (AvgIpc) is 3.89. The van der Waals surface area contributed by atoms with Crippen molar-refractivity contribution in [2.24, 2.45) is 0 Å². The molecule has 0 unspecified atom stereocenters. The number of alkyl halides is 6. The molecular formula is C66H46F6N2. The molecule has 2 nitrogen and oxygen atoms in total. The summed E-state index contributed by atoms with van der Waals surface area (Å²) in [4.78, 5) is 0. The van der Waals surface area contributed by atoms with Crippen molar-refractivity contribution in [3.8, 4) is 67.0 Å². The molecule has 0 amide bonds. The molecule has 0 aliphatic rings. The van der Waals surface area contributed by atoms with Crippen molar-refractivity contribution < 1.29 is 26.3 Å². The molecule has 0 bridgehead atoms. The quantitative estimate of drug-likeness (QED) is 0.141. The fourth-order valence-electron chi connectivity index (χ4n) is 10.9. The van der Waals surface area contributed by atoms with Crippen LogP contribution in [0, 0.1) is 27.7 Å². The third-order valence-corrected chi connectivity index (χ3v) is 14.4. The lowest BCUT2D eigenvalue weighted by molar-refractivity contribution is -0.139. The van der Waals surface area contributed by atoms with Crippen LogP contribution in [0.2, 0.25) is 0 Å². The van der Waals surface area contributed by atoms with Crippen LogP contribution < -0.4 is 0 Å². The topological polar surface area (TPSA) is 9.86 Å². The Kier molecular flexibility index (Phi) is 11.0. The molecule has 0 aliphatic carbocycles. The Hall–Kier alpha value is -8.62. The first kappa shape index (κ1) is 46.5. The number of hydrogen-bond donors (Lipinski definition) is 0. The van der Waals surface area contributed by atoms with E-state index in [2.05, 4.69) is 48.5 Å². The third kappa shape index (κ3) is 8.20. The number of aryl methyl sites for hydroxylation is 4. The summed E-state index contributed by atoms with van der Waals surface area (Å²) in [6.45, 7) is 8.10. The summed E-state index contributed by atoms with van der Waals surface area (Å²) in [6.07, 6.45) is -10.0. The average molecular weight is 981 g/mol. The molecule has 2 aromatic heterocycles. The van der Waals surface area contributed by atoms with E-state index < -0.39 is 34.6 Å². The molecule has 10 aromatic carbocycles. The molecule has 0 fully saturated rings. The van der Waals surface area contributed by atoms with E-state index in [0.717, 1.165) is 100 Å². The predicted octanol–water partition coefficient (Wildman–Crippen LogP) is 19.5. The fraction of sp³-hybridized carbons (Fsp3) is 0.0909. The number of halogens is 6. The predicted molar refractivity (Wildman–Crippen MR) is 291 cm³/mol. The highest BCUT2D eigenvalue weighted by Crippen LogP contribution is 2.47. The monoisotopic (exact) mass is 980 g/mol. The van der Waals surface area contributed by atoms with Gasteiger partial charge in [-0.05, 0) is 168 Å². The van der Waals surface area contributed by atoms with Crippen LogP contribution in [0.5, 0.6) is 0 Å². The van der Waals surface area contributed by atoms with Gasteiger partial charge in [0.25, 0.3) is 0 Å². The van der Waals surface area contributed by atoms with Crippen LogP contribution in [0.1, 0.15) is 33.4 Å². The van der Waals surface area contributed by atoms with E-state index in [1.54, 1.807) is 0 Å². The highest BCUT2D eigenvalue weighted by molar-refractivity contribution is 6.13. The van der Waals surface area contributed by atoms with Crippen molar-refractivity contribution in [3.63, 3.8) is 0 Å². The summed E-state index contributed by atoms with van der Waals surface area (Å²) < 4.78 is 96.8. The summed E-state index contributed by atoms with van der Waals surface area (Å²) in [5.41, 5.74) is 11.9. The van der Waals surface area contributed by atoms with Gasteiger partial charge in [0.05, 0.1) is 33.2 Å². The Labute approximate surface area is 424 Å². The standard InChI is InChI=1S/C66H46F6N2/c1-39-9-5-13-43(29-39)47-17-25-61-55(33-47)56-34-48(44-14-6-10-40(2)30-44)18-26-62(56)73(61)51-21-23-59(65(67,68)69)53(37-51)54-38-52(22-24-60(54)66(70,71)72)74-63-27-19-49(45-15-7-11-41(3)31-45)35-57(63)58-36-50(20-28-64(58)74)46-16-8-12-42(4)32-46/h5-38H,1-4H3. The molecule has 12 aromatic rings. The van der Waals surface area contributed by atoms with Gasteiger partial charge in [0.15, 0.2) is 0 Å². The van der Waals surface area contributed by atoms with E-state index in [4.69, 9.17) is 0 Å². The number of rotatable bonds is 7. The van der Waals surface area contributed by atoms with Crippen molar-refractivity contribution >= 4 is 43.6 Å². The van der Waals surface area contributed by atoms with Crippen LogP contribution >= 0.6 is 0 Å². The van der Waals surface area contributed by atoms with Gasteiger partial charge < -0.3 is 9.13 Å². The van der Waals surface area contributed by atoms with E-state index >= 15 is 26.3 Å². The highest BCUT2D eigenvalue weighted by Gasteiger charge is 2.39.